The first-order valence-electron chi connectivity index (χ1n) is 8.89. The van der Waals surface area contributed by atoms with Gasteiger partial charge in [0.2, 0.25) is 0 Å². The third-order valence-corrected chi connectivity index (χ3v) is 5.68. The van der Waals surface area contributed by atoms with Crippen LogP contribution in [0.2, 0.25) is 0 Å². The monoisotopic (exact) mass is 280 g/mol. The van der Waals surface area contributed by atoms with E-state index in [1.54, 1.807) is 0 Å². The van der Waals surface area contributed by atoms with E-state index < -0.39 is 0 Å². The maximum atomic E-state index is 6.37. The molecule has 1 aliphatic carbocycles. The van der Waals surface area contributed by atoms with Gasteiger partial charge in [0, 0.05) is 18.1 Å². The van der Waals surface area contributed by atoms with Crippen LogP contribution >= 0.6 is 0 Å². The van der Waals surface area contributed by atoms with Gasteiger partial charge in [-0.1, -0.05) is 40.5 Å². The van der Waals surface area contributed by atoms with Crippen molar-refractivity contribution < 1.29 is 0 Å². The van der Waals surface area contributed by atoms with Crippen LogP contribution in [-0.2, 0) is 0 Å². The normalized spacial score (nSPS) is 38.9. The van der Waals surface area contributed by atoms with Gasteiger partial charge in [-0.05, 0) is 56.4 Å². The maximum absolute atomic E-state index is 6.37. The van der Waals surface area contributed by atoms with Gasteiger partial charge < -0.3 is 5.73 Å². The first-order chi connectivity index (χ1) is 9.42. The zero-order valence-electron chi connectivity index (χ0n) is 14.3. The highest BCUT2D eigenvalue weighted by atomic mass is 15.2. The summed E-state index contributed by atoms with van der Waals surface area (Å²) in [6, 6.07) is 0.790. The Kier molecular flexibility index (Phi) is 5.18. The minimum Gasteiger partial charge on any atom is -0.329 e. The number of rotatable bonds is 4. The Morgan fingerprint density at radius 1 is 1.20 bits per heavy atom. The Labute approximate surface area is 126 Å². The molecule has 0 amide bonds. The minimum absolute atomic E-state index is 0.279. The summed E-state index contributed by atoms with van der Waals surface area (Å²) in [5, 5.41) is 0. The molecular formula is C18H36N2. The second-order valence-electron chi connectivity index (χ2n) is 8.41. The molecule has 0 radical (unpaired) electrons. The van der Waals surface area contributed by atoms with Gasteiger partial charge in [0.1, 0.15) is 0 Å². The van der Waals surface area contributed by atoms with Crippen molar-refractivity contribution in [2.45, 2.75) is 90.6 Å². The van der Waals surface area contributed by atoms with Gasteiger partial charge in [0.25, 0.3) is 0 Å². The Bertz CT molecular complexity index is 311. The average Bonchev–Trinajstić information content (AvgIpc) is 2.37. The molecule has 118 valence electrons. The van der Waals surface area contributed by atoms with E-state index in [9.17, 15) is 0 Å². The molecule has 0 aromatic carbocycles. The summed E-state index contributed by atoms with van der Waals surface area (Å²) in [5.74, 6) is 0.812. The predicted molar refractivity (Wildman–Crippen MR) is 87.8 cm³/mol. The van der Waals surface area contributed by atoms with Crippen LogP contribution in [0.3, 0.4) is 0 Å². The van der Waals surface area contributed by atoms with Gasteiger partial charge in [-0.2, -0.15) is 0 Å². The zero-order chi connectivity index (χ0) is 14.8. The summed E-state index contributed by atoms with van der Waals surface area (Å²) in [7, 11) is 0. The van der Waals surface area contributed by atoms with Crippen LogP contribution in [0, 0.1) is 11.3 Å². The highest BCUT2D eigenvalue weighted by molar-refractivity contribution is 5.03. The van der Waals surface area contributed by atoms with E-state index in [1.807, 2.05) is 0 Å². The highest BCUT2D eigenvalue weighted by Crippen LogP contribution is 2.48. The van der Waals surface area contributed by atoms with Gasteiger partial charge >= 0.3 is 0 Å². The third-order valence-electron chi connectivity index (χ3n) is 5.68. The number of nitrogens with zero attached hydrogens (tertiary/aromatic N) is 1. The molecule has 2 N–H and O–H groups in total. The zero-order valence-corrected chi connectivity index (χ0v) is 14.3. The smallest absolute Gasteiger partial charge is 0.0342 e. The van der Waals surface area contributed by atoms with Crippen molar-refractivity contribution in [1.82, 2.24) is 4.90 Å². The first-order valence-corrected chi connectivity index (χ1v) is 8.89. The molecule has 1 aliphatic heterocycles. The molecule has 3 atom stereocenters. The lowest BCUT2D eigenvalue weighted by molar-refractivity contribution is -0.0517. The molecule has 0 bridgehead atoms. The molecule has 20 heavy (non-hydrogen) atoms. The topological polar surface area (TPSA) is 29.3 Å². The lowest BCUT2D eigenvalue weighted by atomic mass is 9.63. The number of hydrogen-bond donors (Lipinski definition) is 1. The number of nitrogens with two attached hydrogens (primary N) is 1. The quantitative estimate of drug-likeness (QED) is 0.837. The van der Waals surface area contributed by atoms with Gasteiger partial charge in [0.05, 0.1) is 0 Å². The molecular weight excluding hydrogens is 244 g/mol. The second-order valence-corrected chi connectivity index (χ2v) is 8.41. The Morgan fingerprint density at radius 2 is 1.95 bits per heavy atom. The molecule has 0 aromatic heterocycles. The number of likely N-dealkylation sites (tertiary alicyclic amines) is 1. The fourth-order valence-electron chi connectivity index (χ4n) is 5.45. The summed E-state index contributed by atoms with van der Waals surface area (Å²) in [5.41, 5.74) is 7.10. The van der Waals surface area contributed by atoms with Gasteiger partial charge in [0.15, 0.2) is 0 Å². The van der Waals surface area contributed by atoms with E-state index >= 15 is 0 Å². The summed E-state index contributed by atoms with van der Waals surface area (Å²) >= 11 is 0. The lowest BCUT2D eigenvalue weighted by Gasteiger charge is -2.56. The van der Waals surface area contributed by atoms with E-state index in [4.69, 9.17) is 5.73 Å². The number of piperidine rings is 1. The fourth-order valence-corrected chi connectivity index (χ4v) is 5.45. The lowest BCUT2D eigenvalue weighted by Crippen LogP contribution is -2.63. The van der Waals surface area contributed by atoms with Crippen molar-refractivity contribution >= 4 is 0 Å². The van der Waals surface area contributed by atoms with Crippen LogP contribution in [0.15, 0.2) is 0 Å². The van der Waals surface area contributed by atoms with Crippen molar-refractivity contribution in [1.29, 1.82) is 0 Å². The van der Waals surface area contributed by atoms with E-state index in [0.717, 1.165) is 18.5 Å². The van der Waals surface area contributed by atoms with E-state index in [-0.39, 0.29) is 5.54 Å². The molecule has 2 nitrogen and oxygen atoms in total. The van der Waals surface area contributed by atoms with Crippen molar-refractivity contribution in [3.8, 4) is 0 Å². The SMILES string of the molecule is CCCC1CCCCN1C1(CN)CC(C)CC(C)(C)C1. The molecule has 1 heterocycles. The molecule has 2 aliphatic rings. The summed E-state index contributed by atoms with van der Waals surface area (Å²) < 4.78 is 0. The van der Waals surface area contributed by atoms with E-state index in [2.05, 4.69) is 32.6 Å². The molecule has 0 aromatic rings. The highest BCUT2D eigenvalue weighted by Gasteiger charge is 2.47. The standard InChI is InChI=1S/C18H36N2/c1-5-8-16-9-6-7-10-20(16)18(14-19)12-15(2)11-17(3,4)13-18/h15-16H,5-14,19H2,1-4H3. The van der Waals surface area contributed by atoms with E-state index in [1.165, 1.54) is 57.9 Å². The van der Waals surface area contributed by atoms with Crippen molar-refractivity contribution in [2.24, 2.45) is 17.1 Å². The summed E-state index contributed by atoms with van der Waals surface area (Å²) in [6.07, 6.45) is 10.8. The third kappa shape index (κ3) is 3.39. The van der Waals surface area contributed by atoms with Crippen molar-refractivity contribution in [2.75, 3.05) is 13.1 Å². The van der Waals surface area contributed by atoms with Gasteiger partial charge in [-0.3, -0.25) is 4.90 Å². The van der Waals surface area contributed by atoms with Crippen LogP contribution in [0.25, 0.3) is 0 Å². The molecule has 2 rings (SSSR count). The molecule has 0 spiro atoms. The average molecular weight is 280 g/mol. The second kappa shape index (κ2) is 6.36. The Morgan fingerprint density at radius 3 is 2.55 bits per heavy atom. The Hall–Kier alpha value is -0.0800. The van der Waals surface area contributed by atoms with Crippen LogP contribution in [0.1, 0.15) is 79.1 Å². The Balaban J connectivity index is 2.23. The first kappa shape index (κ1) is 16.3. The molecule has 3 unspecified atom stereocenters. The molecule has 2 fully saturated rings. The summed E-state index contributed by atoms with van der Waals surface area (Å²) in [4.78, 5) is 2.86. The molecule has 1 saturated carbocycles. The van der Waals surface area contributed by atoms with Gasteiger partial charge in [-0.15, -0.1) is 0 Å². The van der Waals surface area contributed by atoms with E-state index in [0.29, 0.717) is 5.41 Å². The van der Waals surface area contributed by atoms with Crippen molar-refractivity contribution in [3.05, 3.63) is 0 Å². The van der Waals surface area contributed by atoms with Crippen LogP contribution < -0.4 is 5.73 Å². The number of hydrogen-bond acceptors (Lipinski definition) is 2. The molecule has 1 saturated heterocycles. The summed E-state index contributed by atoms with van der Waals surface area (Å²) in [6.45, 7) is 11.8. The molecule has 2 heteroatoms. The fraction of sp³-hybridized carbons (Fsp3) is 1.00. The minimum atomic E-state index is 0.279. The van der Waals surface area contributed by atoms with Gasteiger partial charge in [-0.25, -0.2) is 0 Å². The maximum Gasteiger partial charge on any atom is 0.0342 e. The largest absolute Gasteiger partial charge is 0.329 e. The predicted octanol–water partition coefficient (Wildman–Crippen LogP) is 4.18. The van der Waals surface area contributed by atoms with Crippen molar-refractivity contribution in [3.63, 3.8) is 0 Å². The van der Waals surface area contributed by atoms with Crippen LogP contribution in [0.5, 0.6) is 0 Å². The van der Waals surface area contributed by atoms with Crippen LogP contribution in [-0.4, -0.2) is 29.6 Å². The van der Waals surface area contributed by atoms with Crippen LogP contribution in [0.4, 0.5) is 0 Å².